The quantitative estimate of drug-likeness (QED) is 0.176. The van der Waals surface area contributed by atoms with Crippen LogP contribution in [0.3, 0.4) is 0 Å². The zero-order chi connectivity index (χ0) is 35.8. The van der Waals surface area contributed by atoms with Gasteiger partial charge in [-0.3, -0.25) is 15.3 Å². The maximum Gasteiger partial charge on any atom is 0.334 e. The predicted molar refractivity (Wildman–Crippen MR) is 187 cm³/mol. The average Bonchev–Trinajstić information content (AvgIpc) is 3.67. The van der Waals surface area contributed by atoms with E-state index in [9.17, 15) is 19.5 Å². The number of piperidine rings is 1. The number of amides is 1. The monoisotopic (exact) mass is 702 g/mol. The fourth-order valence-electron chi connectivity index (χ4n) is 11.0. The number of nitrogens with two attached hydrogens (primary N) is 3. The van der Waals surface area contributed by atoms with E-state index >= 15 is 0 Å². The van der Waals surface area contributed by atoms with Crippen molar-refractivity contribution in [3.8, 4) is 0 Å². The summed E-state index contributed by atoms with van der Waals surface area (Å²) in [6, 6.07) is 0. The molecule has 7 N–H and O–H groups in total. The Bertz CT molecular complexity index is 1280. The third-order valence-corrected chi connectivity index (χ3v) is 14.2. The summed E-state index contributed by atoms with van der Waals surface area (Å²) in [4.78, 5) is 42.4. The van der Waals surface area contributed by atoms with Crippen LogP contribution < -0.4 is 16.4 Å². The molecule has 4 aliphatic heterocycles. The number of ether oxygens (including phenoxy) is 3. The molecule has 0 aromatic heterocycles. The second-order valence-corrected chi connectivity index (χ2v) is 17.6. The number of likely N-dealkylation sites (tertiary alicyclic amines) is 1. The standard InChI is InChI=1S/C39H64N4O7/c1-6-24(2)35(46)50-37(3,4)39(18-27-15-33(40)42-21-29(27)16-34(45)43-22-25(23-43)20-41-5)19-28-13-26-14-30(38(11-12-44)9-7-8-10-38)36(47)48-31(26)17-32(28)49-39/h6,25-33,41-42,44H,7-23,40H2,1-5H3/p+2. The van der Waals surface area contributed by atoms with Crippen LogP contribution in [0.2, 0.25) is 0 Å². The highest BCUT2D eigenvalue weighted by atomic mass is 16.6. The van der Waals surface area contributed by atoms with E-state index in [1.165, 1.54) is 0 Å². The third-order valence-electron chi connectivity index (χ3n) is 14.2. The van der Waals surface area contributed by atoms with Crippen LogP contribution in [0.15, 0.2) is 11.6 Å². The first-order valence-electron chi connectivity index (χ1n) is 19.8. The lowest BCUT2D eigenvalue weighted by Gasteiger charge is -2.47. The molecule has 11 nitrogen and oxygen atoms in total. The van der Waals surface area contributed by atoms with Crippen LogP contribution in [0.25, 0.3) is 0 Å². The summed E-state index contributed by atoms with van der Waals surface area (Å²) >= 11 is 0. The van der Waals surface area contributed by atoms with Crippen LogP contribution in [-0.2, 0) is 28.6 Å². The molecule has 4 heterocycles. The zero-order valence-corrected chi connectivity index (χ0v) is 31.4. The summed E-state index contributed by atoms with van der Waals surface area (Å²) in [5, 5.41) is 14.3. The van der Waals surface area contributed by atoms with Crippen LogP contribution >= 0.6 is 0 Å². The highest BCUT2D eigenvalue weighted by Crippen LogP contribution is 2.58. The Kier molecular flexibility index (Phi) is 11.4. The predicted octanol–water partition coefficient (Wildman–Crippen LogP) is 1.62. The van der Waals surface area contributed by atoms with Gasteiger partial charge in [0.25, 0.3) is 0 Å². The van der Waals surface area contributed by atoms with Gasteiger partial charge in [-0.1, -0.05) is 18.9 Å². The molecule has 0 spiro atoms. The molecular formula is C39H66N4O7+2. The number of carbonyl (C=O) groups is 3. The first-order chi connectivity index (χ1) is 23.8. The molecule has 6 fully saturated rings. The fraction of sp³-hybridized carbons (Fsp3) is 0.872. The number of rotatable bonds is 12. The molecule has 9 atom stereocenters. The van der Waals surface area contributed by atoms with E-state index in [1.54, 1.807) is 13.0 Å². The number of carbonyl (C=O) groups excluding carboxylic acids is 3. The minimum atomic E-state index is -0.952. The van der Waals surface area contributed by atoms with Gasteiger partial charge in [-0.15, -0.1) is 0 Å². The van der Waals surface area contributed by atoms with Crippen LogP contribution in [0.4, 0.5) is 0 Å². The van der Waals surface area contributed by atoms with E-state index < -0.39 is 11.2 Å². The van der Waals surface area contributed by atoms with Gasteiger partial charge in [-0.25, -0.2) is 4.79 Å². The van der Waals surface area contributed by atoms with Crippen LogP contribution in [0.5, 0.6) is 0 Å². The highest BCUT2D eigenvalue weighted by molar-refractivity contribution is 5.88. The minimum absolute atomic E-state index is 0.0578. The van der Waals surface area contributed by atoms with Gasteiger partial charge in [0, 0.05) is 56.4 Å². The number of aliphatic hydroxyl groups is 1. The lowest BCUT2D eigenvalue weighted by Crippen LogP contribution is -2.96. The number of fused-ring (bicyclic) bond motifs is 2. The van der Waals surface area contributed by atoms with E-state index in [2.05, 4.69) is 17.7 Å². The molecule has 6 rings (SSSR count). The number of quaternary nitrogens is 2. The molecule has 1 amide bonds. The average molecular weight is 703 g/mol. The number of esters is 2. The van der Waals surface area contributed by atoms with Crippen molar-refractivity contribution in [1.29, 1.82) is 0 Å². The summed E-state index contributed by atoms with van der Waals surface area (Å²) in [5.74, 6) is 0.951. The molecule has 4 saturated heterocycles. The van der Waals surface area contributed by atoms with E-state index in [0.717, 1.165) is 77.5 Å². The van der Waals surface area contributed by atoms with Gasteiger partial charge >= 0.3 is 11.9 Å². The van der Waals surface area contributed by atoms with Gasteiger partial charge in [0.15, 0.2) is 0 Å². The summed E-state index contributed by atoms with van der Waals surface area (Å²) in [7, 11) is 2.08. The molecular weight excluding hydrogens is 636 g/mol. The maximum absolute atomic E-state index is 13.6. The van der Waals surface area contributed by atoms with Crippen molar-refractivity contribution in [3.05, 3.63) is 11.6 Å². The first-order valence-corrected chi connectivity index (χ1v) is 19.8. The molecule has 9 unspecified atom stereocenters. The number of allylic oxidation sites excluding steroid dienone is 1. The van der Waals surface area contributed by atoms with Crippen molar-refractivity contribution in [2.75, 3.05) is 39.8 Å². The fourth-order valence-corrected chi connectivity index (χ4v) is 11.0. The molecule has 11 heteroatoms. The Morgan fingerprint density at radius 3 is 2.54 bits per heavy atom. The van der Waals surface area contributed by atoms with E-state index in [1.807, 2.05) is 25.7 Å². The smallest absolute Gasteiger partial charge is 0.334 e. The van der Waals surface area contributed by atoms with E-state index in [-0.39, 0.29) is 77.8 Å². The summed E-state index contributed by atoms with van der Waals surface area (Å²) in [6.07, 6.45) is 11.3. The Balaban J connectivity index is 1.23. The van der Waals surface area contributed by atoms with Gasteiger partial charge in [0.2, 0.25) is 5.91 Å². The van der Waals surface area contributed by atoms with Gasteiger partial charge in [0.1, 0.15) is 23.5 Å². The van der Waals surface area contributed by atoms with Crippen molar-refractivity contribution in [1.82, 2.24) is 4.90 Å². The van der Waals surface area contributed by atoms with Crippen molar-refractivity contribution in [3.63, 3.8) is 0 Å². The van der Waals surface area contributed by atoms with Crippen LogP contribution in [0.1, 0.15) is 105 Å². The molecule has 2 saturated carbocycles. The lowest BCUT2D eigenvalue weighted by atomic mass is 9.63. The molecule has 0 aromatic rings. The van der Waals surface area contributed by atoms with Crippen molar-refractivity contribution < 1.29 is 44.3 Å². The second-order valence-electron chi connectivity index (χ2n) is 17.6. The molecule has 0 bridgehead atoms. The van der Waals surface area contributed by atoms with Gasteiger partial charge in [-0.2, -0.15) is 0 Å². The minimum Gasteiger partial charge on any atom is -0.462 e. The highest BCUT2D eigenvalue weighted by Gasteiger charge is 2.62. The third kappa shape index (κ3) is 7.41. The summed E-state index contributed by atoms with van der Waals surface area (Å²) < 4.78 is 19.9. The normalized spacial score (nSPS) is 37.5. The van der Waals surface area contributed by atoms with Crippen LogP contribution in [-0.4, -0.2) is 97.3 Å². The van der Waals surface area contributed by atoms with E-state index in [4.69, 9.17) is 19.9 Å². The number of hydrogen-bond donors (Lipinski definition) is 4. The number of nitrogens with zero attached hydrogens (tertiary/aromatic N) is 1. The lowest BCUT2D eigenvalue weighted by molar-refractivity contribution is -0.706. The van der Waals surface area contributed by atoms with Crippen molar-refractivity contribution >= 4 is 17.8 Å². The Hall–Kier alpha value is -2.05. The summed E-state index contributed by atoms with van der Waals surface area (Å²) in [5.41, 5.74) is 5.25. The van der Waals surface area contributed by atoms with Crippen LogP contribution in [0, 0.1) is 40.9 Å². The SMILES string of the molecule is CC=C(C)C(=O)OC(C)(C)C1(CC2CC(N)[NH2+]CC2CC(=O)N2CC(C[NH2+]C)C2)CC2CC3CC(C4(CCO)CCCC4)C(=O)OC3CC2O1. The molecule has 0 aromatic carbocycles. The first kappa shape index (κ1) is 37.7. The second kappa shape index (κ2) is 15.1. The van der Waals surface area contributed by atoms with Gasteiger partial charge in [0.05, 0.1) is 32.2 Å². The molecule has 50 heavy (non-hydrogen) atoms. The molecule has 6 aliphatic rings. The molecule has 2 aliphatic carbocycles. The van der Waals surface area contributed by atoms with E-state index in [0.29, 0.717) is 37.2 Å². The Labute approximate surface area is 299 Å². The maximum atomic E-state index is 13.6. The number of aliphatic hydroxyl groups excluding tert-OH is 1. The zero-order valence-electron chi connectivity index (χ0n) is 31.4. The summed E-state index contributed by atoms with van der Waals surface area (Å²) in [6.45, 7) is 11.2. The largest absolute Gasteiger partial charge is 0.462 e. The Morgan fingerprint density at radius 2 is 1.86 bits per heavy atom. The van der Waals surface area contributed by atoms with Crippen molar-refractivity contribution in [2.45, 2.75) is 134 Å². The molecule has 0 radical (unpaired) electrons. The topological polar surface area (TPSA) is 162 Å². The molecule has 282 valence electrons. The number of hydrogen-bond acceptors (Lipinski definition) is 8. The van der Waals surface area contributed by atoms with Crippen molar-refractivity contribution in [2.24, 2.45) is 46.7 Å². The Morgan fingerprint density at radius 1 is 1.12 bits per heavy atom. The van der Waals surface area contributed by atoms with Gasteiger partial charge < -0.3 is 34.9 Å². The van der Waals surface area contributed by atoms with Gasteiger partial charge in [-0.05, 0) is 95.8 Å².